The monoisotopic (exact) mass is 272 g/mol. The first kappa shape index (κ1) is 12.5. The zero-order chi connectivity index (χ0) is 13.9. The van der Waals surface area contributed by atoms with Gasteiger partial charge in [0, 0.05) is 19.8 Å². The molecule has 0 radical (unpaired) electrons. The highest BCUT2D eigenvalue weighted by atomic mass is 16.5. The van der Waals surface area contributed by atoms with Crippen molar-refractivity contribution in [2.45, 2.75) is 6.54 Å². The summed E-state index contributed by atoms with van der Waals surface area (Å²) in [7, 11) is 1.85. The maximum Gasteiger partial charge on any atom is 0.255 e. The Bertz CT molecular complexity index is 636. The molecule has 104 valence electrons. The van der Waals surface area contributed by atoms with Gasteiger partial charge >= 0.3 is 0 Å². The molecule has 2 aromatic rings. The summed E-state index contributed by atoms with van der Waals surface area (Å²) in [6, 6.07) is 7.39. The summed E-state index contributed by atoms with van der Waals surface area (Å²) in [5.74, 6) is 0.466. The van der Waals surface area contributed by atoms with E-state index in [4.69, 9.17) is 4.74 Å². The molecule has 1 amide bonds. The second-order valence-corrected chi connectivity index (χ2v) is 4.62. The molecular formula is C14H16N4O2. The van der Waals surface area contributed by atoms with Gasteiger partial charge in [-0.1, -0.05) is 6.07 Å². The van der Waals surface area contributed by atoms with Gasteiger partial charge in [0.1, 0.15) is 6.61 Å². The number of rotatable bonds is 3. The lowest BCUT2D eigenvalue weighted by molar-refractivity contribution is 0.0946. The molecule has 1 aromatic carbocycles. The fourth-order valence-electron chi connectivity index (χ4n) is 2.17. The SMILES string of the molecule is Cn1ccc(CNC(=O)c2cccc3c2OCCN3)n1. The molecule has 2 heterocycles. The summed E-state index contributed by atoms with van der Waals surface area (Å²) in [5, 5.41) is 10.3. The number of ether oxygens (including phenoxy) is 1. The number of fused-ring (bicyclic) bond motifs is 1. The predicted octanol–water partition coefficient (Wildman–Crippen LogP) is 1.15. The zero-order valence-electron chi connectivity index (χ0n) is 11.2. The number of aromatic nitrogens is 2. The van der Waals surface area contributed by atoms with Crippen molar-refractivity contribution in [3.63, 3.8) is 0 Å². The van der Waals surface area contributed by atoms with Crippen molar-refractivity contribution in [2.75, 3.05) is 18.5 Å². The Morgan fingerprint density at radius 2 is 2.40 bits per heavy atom. The third-order valence-corrected chi connectivity index (χ3v) is 3.12. The van der Waals surface area contributed by atoms with E-state index in [9.17, 15) is 4.79 Å². The molecule has 6 heteroatoms. The Morgan fingerprint density at radius 3 is 3.20 bits per heavy atom. The highest BCUT2D eigenvalue weighted by Gasteiger charge is 2.18. The summed E-state index contributed by atoms with van der Waals surface area (Å²) < 4.78 is 7.30. The highest BCUT2D eigenvalue weighted by molar-refractivity contribution is 5.98. The molecule has 0 unspecified atom stereocenters. The molecule has 2 N–H and O–H groups in total. The molecule has 0 saturated carbocycles. The van der Waals surface area contributed by atoms with Gasteiger partial charge in [0.15, 0.2) is 5.75 Å². The molecule has 6 nitrogen and oxygen atoms in total. The zero-order valence-corrected chi connectivity index (χ0v) is 11.2. The van der Waals surface area contributed by atoms with Crippen molar-refractivity contribution >= 4 is 11.6 Å². The number of hydrogen-bond donors (Lipinski definition) is 2. The maximum atomic E-state index is 12.2. The van der Waals surface area contributed by atoms with Crippen LogP contribution in [-0.4, -0.2) is 28.8 Å². The minimum atomic E-state index is -0.156. The molecule has 3 rings (SSSR count). The molecule has 0 saturated heterocycles. The Morgan fingerprint density at radius 1 is 1.50 bits per heavy atom. The van der Waals surface area contributed by atoms with Crippen LogP contribution in [0.3, 0.4) is 0 Å². The van der Waals surface area contributed by atoms with E-state index >= 15 is 0 Å². The summed E-state index contributed by atoms with van der Waals surface area (Å²) >= 11 is 0. The van der Waals surface area contributed by atoms with Crippen molar-refractivity contribution in [3.8, 4) is 5.75 Å². The molecule has 0 aliphatic carbocycles. The van der Waals surface area contributed by atoms with Crippen LogP contribution in [0, 0.1) is 0 Å². The van der Waals surface area contributed by atoms with Crippen LogP contribution in [0.25, 0.3) is 0 Å². The molecule has 0 bridgehead atoms. The van der Waals surface area contributed by atoms with E-state index in [-0.39, 0.29) is 5.91 Å². The van der Waals surface area contributed by atoms with Gasteiger partial charge in [-0.3, -0.25) is 9.48 Å². The van der Waals surface area contributed by atoms with Gasteiger partial charge in [-0.05, 0) is 18.2 Å². The number of carbonyl (C=O) groups excluding carboxylic acids is 1. The van der Waals surface area contributed by atoms with E-state index in [1.165, 1.54) is 0 Å². The molecule has 1 aliphatic heterocycles. The third kappa shape index (κ3) is 2.45. The minimum Gasteiger partial charge on any atom is -0.489 e. The third-order valence-electron chi connectivity index (χ3n) is 3.12. The number of nitrogens with zero attached hydrogens (tertiary/aromatic N) is 2. The van der Waals surface area contributed by atoms with Crippen LogP contribution in [0.1, 0.15) is 16.1 Å². The fourth-order valence-corrected chi connectivity index (χ4v) is 2.17. The second kappa shape index (κ2) is 5.24. The second-order valence-electron chi connectivity index (χ2n) is 4.62. The molecule has 20 heavy (non-hydrogen) atoms. The van der Waals surface area contributed by atoms with E-state index in [1.807, 2.05) is 31.4 Å². The van der Waals surface area contributed by atoms with Crippen molar-refractivity contribution < 1.29 is 9.53 Å². The number of hydrogen-bond acceptors (Lipinski definition) is 4. The number of amides is 1. The predicted molar refractivity (Wildman–Crippen MR) is 74.8 cm³/mol. The Hall–Kier alpha value is -2.50. The van der Waals surface area contributed by atoms with Crippen LogP contribution in [0.15, 0.2) is 30.5 Å². The number of para-hydroxylation sites is 1. The van der Waals surface area contributed by atoms with E-state index in [0.29, 0.717) is 24.5 Å². The average Bonchev–Trinajstić information content (AvgIpc) is 2.90. The standard InChI is InChI=1S/C14H16N4O2/c1-18-7-5-10(17-18)9-16-14(19)11-3-2-4-12-13(11)20-8-6-15-12/h2-5,7,15H,6,8-9H2,1H3,(H,16,19). The van der Waals surface area contributed by atoms with E-state index in [2.05, 4.69) is 15.7 Å². The summed E-state index contributed by atoms with van der Waals surface area (Å²) in [4.78, 5) is 12.2. The average molecular weight is 272 g/mol. The number of anilines is 1. The molecular weight excluding hydrogens is 256 g/mol. The van der Waals surface area contributed by atoms with Gasteiger partial charge in [0.2, 0.25) is 0 Å². The van der Waals surface area contributed by atoms with Gasteiger partial charge < -0.3 is 15.4 Å². The Labute approximate surface area is 116 Å². The molecule has 1 aliphatic rings. The molecule has 0 atom stereocenters. The first-order valence-electron chi connectivity index (χ1n) is 6.50. The van der Waals surface area contributed by atoms with Crippen LogP contribution in [0.2, 0.25) is 0 Å². The highest BCUT2D eigenvalue weighted by Crippen LogP contribution is 2.31. The van der Waals surface area contributed by atoms with Crippen LogP contribution in [0.4, 0.5) is 5.69 Å². The van der Waals surface area contributed by atoms with Crippen molar-refractivity contribution in [3.05, 3.63) is 41.7 Å². The van der Waals surface area contributed by atoms with Crippen molar-refractivity contribution in [1.82, 2.24) is 15.1 Å². The van der Waals surface area contributed by atoms with E-state index < -0.39 is 0 Å². The number of benzene rings is 1. The largest absolute Gasteiger partial charge is 0.489 e. The van der Waals surface area contributed by atoms with Crippen LogP contribution in [-0.2, 0) is 13.6 Å². The van der Waals surface area contributed by atoms with Gasteiger partial charge in [0.05, 0.1) is 23.5 Å². The van der Waals surface area contributed by atoms with Crippen LogP contribution in [0.5, 0.6) is 5.75 Å². The lowest BCUT2D eigenvalue weighted by Crippen LogP contribution is -2.26. The molecule has 0 fully saturated rings. The summed E-state index contributed by atoms with van der Waals surface area (Å²) in [6.07, 6.45) is 1.85. The van der Waals surface area contributed by atoms with Crippen molar-refractivity contribution in [1.29, 1.82) is 0 Å². The Balaban J connectivity index is 1.74. The minimum absolute atomic E-state index is 0.156. The maximum absolute atomic E-state index is 12.2. The summed E-state index contributed by atoms with van der Waals surface area (Å²) in [6.45, 7) is 1.72. The first-order chi connectivity index (χ1) is 9.74. The van der Waals surface area contributed by atoms with Crippen LogP contribution < -0.4 is 15.4 Å². The van der Waals surface area contributed by atoms with Gasteiger partial charge in [-0.25, -0.2) is 0 Å². The first-order valence-corrected chi connectivity index (χ1v) is 6.50. The van der Waals surface area contributed by atoms with Gasteiger partial charge in [-0.2, -0.15) is 5.10 Å². The molecule has 0 spiro atoms. The smallest absolute Gasteiger partial charge is 0.255 e. The number of nitrogens with one attached hydrogen (secondary N) is 2. The summed E-state index contributed by atoms with van der Waals surface area (Å²) in [5.41, 5.74) is 2.23. The van der Waals surface area contributed by atoms with Gasteiger partial charge in [-0.15, -0.1) is 0 Å². The van der Waals surface area contributed by atoms with Crippen LogP contribution >= 0.6 is 0 Å². The molecule has 1 aromatic heterocycles. The lowest BCUT2D eigenvalue weighted by Gasteiger charge is -2.21. The van der Waals surface area contributed by atoms with Crippen molar-refractivity contribution in [2.24, 2.45) is 7.05 Å². The van der Waals surface area contributed by atoms with E-state index in [1.54, 1.807) is 10.7 Å². The fraction of sp³-hybridized carbons (Fsp3) is 0.286. The number of carbonyl (C=O) groups is 1. The lowest BCUT2D eigenvalue weighted by atomic mass is 10.1. The van der Waals surface area contributed by atoms with E-state index in [0.717, 1.165) is 17.9 Å². The number of aryl methyl sites for hydroxylation is 1. The topological polar surface area (TPSA) is 68.2 Å². The normalized spacial score (nSPS) is 13.1. The Kier molecular flexibility index (Phi) is 3.28. The van der Waals surface area contributed by atoms with Gasteiger partial charge in [0.25, 0.3) is 5.91 Å². The quantitative estimate of drug-likeness (QED) is 0.879.